The largest absolute Gasteiger partial charge is 0.322 e. The van der Waals surface area contributed by atoms with Gasteiger partial charge in [-0.1, -0.05) is 47.5 Å². The summed E-state index contributed by atoms with van der Waals surface area (Å²) in [5, 5.41) is 1.48. The minimum Gasteiger partial charge on any atom is -0.322 e. The first-order valence-electron chi connectivity index (χ1n) is 9.26. The van der Waals surface area contributed by atoms with Crippen molar-refractivity contribution in [1.29, 1.82) is 0 Å². The summed E-state index contributed by atoms with van der Waals surface area (Å²) in [7, 11) is 0. The maximum absolute atomic E-state index is 13.4. The van der Waals surface area contributed by atoms with Crippen LogP contribution in [0.2, 0.25) is 5.02 Å². The van der Waals surface area contributed by atoms with Crippen molar-refractivity contribution in [2.24, 2.45) is 0 Å². The maximum atomic E-state index is 13.4. The van der Waals surface area contributed by atoms with E-state index in [0.717, 1.165) is 27.7 Å². The third-order valence-electron chi connectivity index (χ3n) is 4.85. The van der Waals surface area contributed by atoms with Gasteiger partial charge in [-0.25, -0.2) is 0 Å². The van der Waals surface area contributed by atoms with Crippen LogP contribution in [0.5, 0.6) is 0 Å². The van der Waals surface area contributed by atoms with Crippen LogP contribution in [0.1, 0.15) is 21.5 Å². The molecule has 29 heavy (non-hydrogen) atoms. The van der Waals surface area contributed by atoms with Crippen molar-refractivity contribution in [3.05, 3.63) is 111 Å². The van der Waals surface area contributed by atoms with Crippen LogP contribution in [0, 0.1) is 6.92 Å². The van der Waals surface area contributed by atoms with Gasteiger partial charge >= 0.3 is 0 Å². The normalized spacial score (nSPS) is 10.8. The smallest absolute Gasteiger partial charge is 0.258 e. The van der Waals surface area contributed by atoms with Crippen molar-refractivity contribution in [3.8, 4) is 0 Å². The number of H-pyrrole nitrogens is 1. The molecule has 5 heteroatoms. The van der Waals surface area contributed by atoms with Crippen LogP contribution in [-0.2, 0) is 6.54 Å². The number of carbonyl (C=O) groups excluding carboxylic acids is 1. The standard InChI is InChI=1S/C24H19ClN2O2/c1-16-6-12-20(13-7-16)27(24(29)17-8-10-19(25)11-9-17)15-18-14-23(28)26-22-5-3-2-4-21(18)22/h2-14H,15H2,1H3,(H,26,28). The summed E-state index contributed by atoms with van der Waals surface area (Å²) in [6.07, 6.45) is 0. The third-order valence-corrected chi connectivity index (χ3v) is 5.10. The number of para-hydroxylation sites is 1. The zero-order valence-electron chi connectivity index (χ0n) is 15.9. The molecular formula is C24H19ClN2O2. The monoisotopic (exact) mass is 402 g/mol. The fourth-order valence-corrected chi connectivity index (χ4v) is 3.46. The molecule has 4 aromatic rings. The molecule has 0 saturated heterocycles. The minimum atomic E-state index is -0.193. The van der Waals surface area contributed by atoms with Crippen LogP contribution in [0.4, 0.5) is 5.69 Å². The van der Waals surface area contributed by atoms with E-state index in [1.807, 2.05) is 55.5 Å². The highest BCUT2D eigenvalue weighted by molar-refractivity contribution is 6.30. The van der Waals surface area contributed by atoms with Crippen molar-refractivity contribution in [3.63, 3.8) is 0 Å². The Kier molecular flexibility index (Phi) is 5.19. The van der Waals surface area contributed by atoms with E-state index >= 15 is 0 Å². The predicted octanol–water partition coefficient (Wildman–Crippen LogP) is 5.34. The first-order chi connectivity index (χ1) is 14.0. The van der Waals surface area contributed by atoms with Crippen LogP contribution < -0.4 is 10.5 Å². The van der Waals surface area contributed by atoms with Crippen molar-refractivity contribution < 1.29 is 4.79 Å². The van der Waals surface area contributed by atoms with Gasteiger partial charge in [-0.15, -0.1) is 0 Å². The number of aromatic amines is 1. The summed E-state index contributed by atoms with van der Waals surface area (Å²) >= 11 is 5.98. The Bertz CT molecular complexity index is 1230. The van der Waals surface area contributed by atoms with Gasteiger partial charge in [0.2, 0.25) is 5.56 Å². The lowest BCUT2D eigenvalue weighted by atomic mass is 10.1. The lowest BCUT2D eigenvalue weighted by Crippen LogP contribution is -2.31. The van der Waals surface area contributed by atoms with Gasteiger partial charge in [0.25, 0.3) is 5.91 Å². The molecule has 0 fully saturated rings. The fraction of sp³-hybridized carbons (Fsp3) is 0.0833. The molecule has 0 aliphatic carbocycles. The molecular weight excluding hydrogens is 384 g/mol. The van der Waals surface area contributed by atoms with Crippen molar-refractivity contribution in [2.45, 2.75) is 13.5 Å². The van der Waals surface area contributed by atoms with Crippen LogP contribution in [0.25, 0.3) is 10.9 Å². The topological polar surface area (TPSA) is 53.2 Å². The van der Waals surface area contributed by atoms with E-state index in [-0.39, 0.29) is 18.0 Å². The van der Waals surface area contributed by atoms with E-state index in [0.29, 0.717) is 10.6 Å². The molecule has 0 unspecified atom stereocenters. The Labute approximate surface area is 173 Å². The summed E-state index contributed by atoms with van der Waals surface area (Å²) in [5.41, 5.74) is 3.74. The molecule has 0 bridgehead atoms. The van der Waals surface area contributed by atoms with Crippen molar-refractivity contribution in [1.82, 2.24) is 4.98 Å². The second-order valence-corrected chi connectivity index (χ2v) is 7.37. The molecule has 0 aliphatic heterocycles. The SMILES string of the molecule is Cc1ccc(N(Cc2cc(=O)[nH]c3ccccc23)C(=O)c2ccc(Cl)cc2)cc1. The Hall–Kier alpha value is -3.37. The summed E-state index contributed by atoms with van der Waals surface area (Å²) in [5.74, 6) is -0.158. The van der Waals surface area contributed by atoms with Crippen molar-refractivity contribution >= 4 is 34.1 Å². The fourth-order valence-electron chi connectivity index (χ4n) is 3.33. The summed E-state index contributed by atoms with van der Waals surface area (Å²) in [4.78, 5) is 30.1. The Morgan fingerprint density at radius 1 is 0.966 bits per heavy atom. The first kappa shape index (κ1) is 19.0. The quantitative estimate of drug-likeness (QED) is 0.501. The van der Waals surface area contributed by atoms with Gasteiger partial charge in [-0.05, 0) is 55.0 Å². The average Bonchev–Trinajstić information content (AvgIpc) is 2.72. The number of aryl methyl sites for hydroxylation is 1. The number of nitrogens with one attached hydrogen (secondary N) is 1. The molecule has 4 nitrogen and oxygen atoms in total. The summed E-state index contributed by atoms with van der Waals surface area (Å²) < 4.78 is 0. The van der Waals surface area contributed by atoms with E-state index in [4.69, 9.17) is 11.6 Å². The third kappa shape index (κ3) is 4.08. The highest BCUT2D eigenvalue weighted by atomic mass is 35.5. The number of amides is 1. The highest BCUT2D eigenvalue weighted by Gasteiger charge is 2.19. The molecule has 1 amide bonds. The van der Waals surface area contributed by atoms with Crippen LogP contribution >= 0.6 is 11.6 Å². The number of anilines is 1. The van der Waals surface area contributed by atoms with Gasteiger partial charge in [0.15, 0.2) is 0 Å². The van der Waals surface area contributed by atoms with Crippen LogP contribution in [0.15, 0.2) is 83.7 Å². The van der Waals surface area contributed by atoms with Crippen LogP contribution in [0.3, 0.4) is 0 Å². The van der Waals surface area contributed by atoms with E-state index in [2.05, 4.69) is 4.98 Å². The zero-order chi connectivity index (χ0) is 20.4. The number of pyridine rings is 1. The number of aromatic nitrogens is 1. The highest BCUT2D eigenvalue weighted by Crippen LogP contribution is 2.24. The molecule has 0 spiro atoms. The van der Waals surface area contributed by atoms with Gasteiger partial charge in [-0.2, -0.15) is 0 Å². The summed E-state index contributed by atoms with van der Waals surface area (Å²) in [6.45, 7) is 2.27. The molecule has 4 rings (SSSR count). The van der Waals surface area contributed by atoms with E-state index in [1.54, 1.807) is 35.2 Å². The van der Waals surface area contributed by atoms with Gasteiger partial charge in [0.05, 0.1) is 6.54 Å². The second-order valence-electron chi connectivity index (χ2n) is 6.94. The van der Waals surface area contributed by atoms with Gasteiger partial charge in [0, 0.05) is 33.2 Å². The Morgan fingerprint density at radius 2 is 1.66 bits per heavy atom. The number of hydrogen-bond acceptors (Lipinski definition) is 2. The average molecular weight is 403 g/mol. The van der Waals surface area contributed by atoms with E-state index in [9.17, 15) is 9.59 Å². The van der Waals surface area contributed by atoms with E-state index < -0.39 is 0 Å². The molecule has 0 aliphatic rings. The van der Waals surface area contributed by atoms with Crippen molar-refractivity contribution in [2.75, 3.05) is 4.90 Å². The molecule has 0 radical (unpaired) electrons. The lowest BCUT2D eigenvalue weighted by molar-refractivity contribution is 0.0985. The number of halogens is 1. The first-order valence-corrected chi connectivity index (χ1v) is 9.64. The molecule has 1 aromatic heterocycles. The zero-order valence-corrected chi connectivity index (χ0v) is 16.6. The molecule has 144 valence electrons. The molecule has 0 saturated carbocycles. The Balaban J connectivity index is 1.81. The van der Waals surface area contributed by atoms with Gasteiger partial charge in [-0.3, -0.25) is 9.59 Å². The number of rotatable bonds is 4. The molecule has 1 N–H and O–H groups in total. The number of nitrogens with zero attached hydrogens (tertiary/aromatic N) is 1. The number of hydrogen-bond donors (Lipinski definition) is 1. The number of benzene rings is 3. The lowest BCUT2D eigenvalue weighted by Gasteiger charge is -2.24. The molecule has 3 aromatic carbocycles. The minimum absolute atomic E-state index is 0.158. The molecule has 0 atom stereocenters. The van der Waals surface area contributed by atoms with Gasteiger partial charge < -0.3 is 9.88 Å². The number of fused-ring (bicyclic) bond motifs is 1. The van der Waals surface area contributed by atoms with E-state index in [1.165, 1.54) is 0 Å². The number of carbonyl (C=O) groups is 1. The maximum Gasteiger partial charge on any atom is 0.258 e. The predicted molar refractivity (Wildman–Crippen MR) is 118 cm³/mol. The van der Waals surface area contributed by atoms with Gasteiger partial charge in [0.1, 0.15) is 0 Å². The van der Waals surface area contributed by atoms with Crippen LogP contribution in [-0.4, -0.2) is 10.9 Å². The summed E-state index contributed by atoms with van der Waals surface area (Å²) in [6, 6.07) is 23.7. The second kappa shape index (κ2) is 7.94. The molecule has 1 heterocycles. The Morgan fingerprint density at radius 3 is 2.38 bits per heavy atom.